The van der Waals surface area contributed by atoms with Gasteiger partial charge >= 0.3 is 13.6 Å². The molecule has 6 nitrogen and oxygen atoms in total. The monoisotopic (exact) mass is 211 g/mol. The lowest BCUT2D eigenvalue weighted by Crippen LogP contribution is -2.35. The van der Waals surface area contributed by atoms with Crippen molar-refractivity contribution in [2.24, 2.45) is 5.73 Å². The highest BCUT2D eigenvalue weighted by atomic mass is 31.2. The molecular weight excluding hydrogens is 197 g/mol. The van der Waals surface area contributed by atoms with E-state index in [1.165, 1.54) is 21.3 Å². The quantitative estimate of drug-likeness (QED) is 0.507. The number of methoxy groups -OCH3 is 1. The zero-order valence-electron chi connectivity index (χ0n) is 7.85. The van der Waals surface area contributed by atoms with E-state index in [0.29, 0.717) is 0 Å². The van der Waals surface area contributed by atoms with E-state index in [1.54, 1.807) is 0 Å². The average Bonchev–Trinajstić information content (AvgIpc) is 2.16. The van der Waals surface area contributed by atoms with Crippen LogP contribution in [0.4, 0.5) is 0 Å². The number of rotatable bonds is 5. The molecule has 78 valence electrons. The van der Waals surface area contributed by atoms with Crippen molar-refractivity contribution in [3.05, 3.63) is 0 Å². The van der Waals surface area contributed by atoms with Gasteiger partial charge in [-0.25, -0.2) is 0 Å². The second-order valence-corrected chi connectivity index (χ2v) is 4.61. The van der Waals surface area contributed by atoms with Crippen LogP contribution in [-0.2, 0) is 23.1 Å². The summed E-state index contributed by atoms with van der Waals surface area (Å²) >= 11 is 0. The minimum atomic E-state index is -3.23. The van der Waals surface area contributed by atoms with Crippen molar-refractivity contribution in [3.63, 3.8) is 0 Å². The van der Waals surface area contributed by atoms with Gasteiger partial charge in [0.1, 0.15) is 6.04 Å². The van der Waals surface area contributed by atoms with Gasteiger partial charge in [-0.2, -0.15) is 0 Å². The molecule has 0 saturated carbocycles. The van der Waals surface area contributed by atoms with Gasteiger partial charge in [-0.1, -0.05) is 0 Å². The van der Waals surface area contributed by atoms with Gasteiger partial charge in [0.2, 0.25) is 0 Å². The molecule has 0 heterocycles. The summed E-state index contributed by atoms with van der Waals surface area (Å²) in [6, 6.07) is -0.990. The molecule has 0 radical (unpaired) electrons. The van der Waals surface area contributed by atoms with E-state index >= 15 is 0 Å². The lowest BCUT2D eigenvalue weighted by atomic mass is 10.4. The van der Waals surface area contributed by atoms with Crippen molar-refractivity contribution >= 4 is 13.6 Å². The van der Waals surface area contributed by atoms with Crippen LogP contribution in [0.15, 0.2) is 0 Å². The molecule has 1 unspecified atom stereocenters. The normalized spacial score (nSPS) is 13.8. The summed E-state index contributed by atoms with van der Waals surface area (Å²) in [6.07, 6.45) is -0.188. The van der Waals surface area contributed by atoms with Crippen LogP contribution in [0.1, 0.15) is 0 Å². The Labute approximate surface area is 76.9 Å². The molecule has 0 aliphatic carbocycles. The highest BCUT2D eigenvalue weighted by Crippen LogP contribution is 2.46. The maximum Gasteiger partial charge on any atom is 0.332 e. The van der Waals surface area contributed by atoms with Crippen molar-refractivity contribution < 1.29 is 23.1 Å². The molecule has 7 heteroatoms. The number of ether oxygens (including phenoxy) is 1. The number of hydrogen-bond acceptors (Lipinski definition) is 6. The molecule has 13 heavy (non-hydrogen) atoms. The SMILES string of the molecule is COC(=O)C(N)CP(=O)(OC)OC. The Bertz CT molecular complexity index is 211. The van der Waals surface area contributed by atoms with E-state index < -0.39 is 19.6 Å². The van der Waals surface area contributed by atoms with Crippen LogP contribution in [0.2, 0.25) is 0 Å². The molecule has 0 aromatic rings. The summed E-state index contributed by atoms with van der Waals surface area (Å²) in [4.78, 5) is 10.8. The fraction of sp³-hybridized carbons (Fsp3) is 0.833. The average molecular weight is 211 g/mol. The first-order valence-corrected chi connectivity index (χ1v) is 5.26. The molecule has 0 aliphatic heterocycles. The standard InChI is InChI=1S/C6H14NO5P/c1-10-6(8)5(7)4-13(9,11-2)12-3/h5H,4,7H2,1-3H3. The van der Waals surface area contributed by atoms with Gasteiger partial charge in [-0.05, 0) is 0 Å². The fourth-order valence-corrected chi connectivity index (χ4v) is 1.77. The number of carbonyl (C=O) groups excluding carboxylic acids is 1. The van der Waals surface area contributed by atoms with Crippen LogP contribution in [0.3, 0.4) is 0 Å². The van der Waals surface area contributed by atoms with Crippen molar-refractivity contribution in [1.29, 1.82) is 0 Å². The van der Waals surface area contributed by atoms with E-state index in [4.69, 9.17) is 5.73 Å². The van der Waals surface area contributed by atoms with Crippen LogP contribution in [0.25, 0.3) is 0 Å². The molecule has 0 fully saturated rings. The maximum absolute atomic E-state index is 11.4. The zero-order chi connectivity index (χ0) is 10.5. The van der Waals surface area contributed by atoms with Crippen LogP contribution >= 0.6 is 7.60 Å². The Balaban J connectivity index is 4.25. The second-order valence-electron chi connectivity index (χ2n) is 2.29. The highest BCUT2D eigenvalue weighted by molar-refractivity contribution is 7.53. The fourth-order valence-electron chi connectivity index (χ4n) is 0.690. The number of hydrogen-bond donors (Lipinski definition) is 1. The van der Waals surface area contributed by atoms with Crippen LogP contribution in [0, 0.1) is 0 Å². The minimum absolute atomic E-state index is 0.188. The number of carbonyl (C=O) groups is 1. The van der Waals surface area contributed by atoms with E-state index in [2.05, 4.69) is 13.8 Å². The molecule has 2 N–H and O–H groups in total. The first kappa shape index (κ1) is 12.6. The molecule has 0 aliphatic rings. The lowest BCUT2D eigenvalue weighted by Gasteiger charge is -2.16. The zero-order valence-corrected chi connectivity index (χ0v) is 8.74. The van der Waals surface area contributed by atoms with Gasteiger partial charge in [0.15, 0.2) is 0 Å². The summed E-state index contributed by atoms with van der Waals surface area (Å²) in [7, 11) is 0.432. The molecule has 0 spiro atoms. The molecule has 1 atom stereocenters. The van der Waals surface area contributed by atoms with Gasteiger partial charge in [-0.15, -0.1) is 0 Å². The van der Waals surface area contributed by atoms with Crippen LogP contribution < -0.4 is 5.73 Å². The molecule has 0 bridgehead atoms. The molecule has 0 aromatic carbocycles. The predicted molar refractivity (Wildman–Crippen MR) is 46.5 cm³/mol. The maximum atomic E-state index is 11.4. The predicted octanol–water partition coefficient (Wildman–Crippen LogP) is -0.0274. The summed E-state index contributed by atoms with van der Waals surface area (Å²) in [5, 5.41) is 0. The molecule has 0 saturated heterocycles. The van der Waals surface area contributed by atoms with Gasteiger partial charge < -0.3 is 19.5 Å². The summed E-state index contributed by atoms with van der Waals surface area (Å²) in [6.45, 7) is 0. The number of nitrogens with two attached hydrogens (primary N) is 1. The number of esters is 1. The first-order chi connectivity index (χ1) is 5.99. The third-order valence-corrected chi connectivity index (χ3v) is 3.43. The molecule has 0 rings (SSSR count). The summed E-state index contributed by atoms with van der Waals surface area (Å²) in [5.74, 6) is -0.644. The van der Waals surface area contributed by atoms with E-state index in [9.17, 15) is 9.36 Å². The smallest absolute Gasteiger partial charge is 0.332 e. The summed E-state index contributed by atoms with van der Waals surface area (Å²) in [5.41, 5.74) is 5.36. The largest absolute Gasteiger partial charge is 0.468 e. The van der Waals surface area contributed by atoms with Crippen molar-refractivity contribution in [2.45, 2.75) is 6.04 Å². The summed E-state index contributed by atoms with van der Waals surface area (Å²) < 4.78 is 25.0. The van der Waals surface area contributed by atoms with Crippen molar-refractivity contribution in [1.82, 2.24) is 0 Å². The van der Waals surface area contributed by atoms with Crippen molar-refractivity contribution in [3.8, 4) is 0 Å². The van der Waals surface area contributed by atoms with Gasteiger partial charge in [-0.3, -0.25) is 9.36 Å². The Morgan fingerprint density at radius 2 is 1.85 bits per heavy atom. The third kappa shape index (κ3) is 3.87. The van der Waals surface area contributed by atoms with Gasteiger partial charge in [0, 0.05) is 14.2 Å². The van der Waals surface area contributed by atoms with Gasteiger partial charge in [0.05, 0.1) is 13.3 Å². The third-order valence-electron chi connectivity index (χ3n) is 1.48. The highest BCUT2D eigenvalue weighted by Gasteiger charge is 2.28. The Kier molecular flexibility index (Phi) is 5.17. The molecule has 0 aromatic heterocycles. The van der Waals surface area contributed by atoms with E-state index in [0.717, 1.165) is 0 Å². The second kappa shape index (κ2) is 5.34. The topological polar surface area (TPSA) is 87.9 Å². The van der Waals surface area contributed by atoms with E-state index in [-0.39, 0.29) is 6.16 Å². The molecular formula is C6H14NO5P. The Morgan fingerprint density at radius 1 is 1.38 bits per heavy atom. The first-order valence-electron chi connectivity index (χ1n) is 3.53. The van der Waals surface area contributed by atoms with Crippen LogP contribution in [-0.4, -0.2) is 39.5 Å². The van der Waals surface area contributed by atoms with Crippen molar-refractivity contribution in [2.75, 3.05) is 27.5 Å². The Hall–Kier alpha value is -0.420. The minimum Gasteiger partial charge on any atom is -0.468 e. The lowest BCUT2D eigenvalue weighted by molar-refractivity contribution is -0.141. The van der Waals surface area contributed by atoms with Gasteiger partial charge in [0.25, 0.3) is 0 Å². The van der Waals surface area contributed by atoms with Crippen LogP contribution in [0.5, 0.6) is 0 Å². The molecule has 0 amide bonds. The Morgan fingerprint density at radius 3 is 2.15 bits per heavy atom. The van der Waals surface area contributed by atoms with E-state index in [1.807, 2.05) is 0 Å².